The van der Waals surface area contributed by atoms with Crippen LogP contribution >= 0.6 is 0 Å². The molecule has 0 bridgehead atoms. The van der Waals surface area contributed by atoms with E-state index in [0.717, 1.165) is 0 Å². The Bertz CT molecular complexity index is 664. The second-order valence-electron chi connectivity index (χ2n) is 9.76. The van der Waals surface area contributed by atoms with Crippen LogP contribution in [0.5, 0.6) is 0 Å². The Morgan fingerprint density at radius 3 is 1.34 bits per heavy atom. The maximum atomic E-state index is 2.67. The molecule has 0 N–H and O–H groups in total. The van der Waals surface area contributed by atoms with Crippen LogP contribution in [0, 0.1) is 10.8 Å². The van der Waals surface area contributed by atoms with E-state index >= 15 is 0 Å². The molecule has 3 heteroatoms. The van der Waals surface area contributed by atoms with E-state index in [2.05, 4.69) is 39.8 Å². The molecule has 2 fully saturated rings. The van der Waals surface area contributed by atoms with Crippen molar-refractivity contribution in [3.63, 3.8) is 0 Å². The summed E-state index contributed by atoms with van der Waals surface area (Å²) in [6.07, 6.45) is 22.1. The van der Waals surface area contributed by atoms with Crippen molar-refractivity contribution in [1.29, 1.82) is 0 Å². The molecule has 4 aliphatic carbocycles. The predicted molar refractivity (Wildman–Crippen MR) is 113 cm³/mol. The third-order valence-electron chi connectivity index (χ3n) is 8.48. The average Bonchev–Trinajstić information content (AvgIpc) is 3.45. The number of rotatable bonds is 6. The molecule has 0 heterocycles. The zero-order valence-corrected chi connectivity index (χ0v) is 22.9. The van der Waals surface area contributed by atoms with E-state index in [-0.39, 0.29) is 24.8 Å². The summed E-state index contributed by atoms with van der Waals surface area (Å²) in [5.74, 6) is 0. The van der Waals surface area contributed by atoms with Crippen molar-refractivity contribution in [2.45, 2.75) is 105 Å². The van der Waals surface area contributed by atoms with Crippen LogP contribution in [0.1, 0.15) is 105 Å². The largest absolute Gasteiger partial charge is 1.00 e. The van der Waals surface area contributed by atoms with Gasteiger partial charge in [-0.1, -0.05) is 0 Å². The van der Waals surface area contributed by atoms with Crippen LogP contribution in [0.15, 0.2) is 41.0 Å². The summed E-state index contributed by atoms with van der Waals surface area (Å²) in [4.78, 5) is 0. The molecule has 4 rings (SSSR count). The summed E-state index contributed by atoms with van der Waals surface area (Å²) in [5, 5.41) is 0. The van der Waals surface area contributed by atoms with E-state index in [1.54, 1.807) is 11.1 Å². The molecule has 0 spiro atoms. The molecule has 4 aliphatic rings. The molecule has 0 aromatic rings. The minimum atomic E-state index is -0.718. The smallest absolute Gasteiger partial charge is 1.00 e. The van der Waals surface area contributed by atoms with Gasteiger partial charge in [-0.2, -0.15) is 0 Å². The van der Waals surface area contributed by atoms with Gasteiger partial charge >= 0.3 is 180 Å². The molecule has 0 aromatic heterocycles. The third-order valence-corrected chi connectivity index (χ3v) is 13.1. The van der Waals surface area contributed by atoms with Gasteiger partial charge in [0.2, 0.25) is 0 Å². The summed E-state index contributed by atoms with van der Waals surface area (Å²) in [7, 11) is 0. The molecule has 29 heavy (non-hydrogen) atoms. The van der Waals surface area contributed by atoms with Crippen molar-refractivity contribution in [1.82, 2.24) is 0 Å². The first-order valence-electron chi connectivity index (χ1n) is 11.6. The zero-order chi connectivity index (χ0) is 19.1. The molecule has 160 valence electrons. The molecular formula is C26H38Cl2Zr. The molecule has 0 aromatic carbocycles. The number of hydrogen-bond donors (Lipinski definition) is 0. The van der Waals surface area contributed by atoms with Crippen LogP contribution in [0.4, 0.5) is 0 Å². The van der Waals surface area contributed by atoms with Gasteiger partial charge in [0, 0.05) is 0 Å². The van der Waals surface area contributed by atoms with Gasteiger partial charge in [0.25, 0.3) is 0 Å². The van der Waals surface area contributed by atoms with E-state index in [4.69, 9.17) is 0 Å². The van der Waals surface area contributed by atoms with Gasteiger partial charge in [-0.05, 0) is 0 Å². The Hall–Kier alpha value is 0.423. The molecule has 0 saturated heterocycles. The Kier molecular flexibility index (Phi) is 9.17. The second-order valence-corrected chi connectivity index (χ2v) is 12.8. The van der Waals surface area contributed by atoms with Crippen LogP contribution in [0.2, 0.25) is 0 Å². The van der Waals surface area contributed by atoms with E-state index in [1.807, 2.05) is 17.7 Å². The molecule has 0 radical (unpaired) electrons. The predicted octanol–water partition coefficient (Wildman–Crippen LogP) is 2.23. The molecule has 0 amide bonds. The first-order chi connectivity index (χ1) is 13.1. The Labute approximate surface area is 203 Å². The minimum Gasteiger partial charge on any atom is -1.00 e. The van der Waals surface area contributed by atoms with Crippen molar-refractivity contribution in [2.75, 3.05) is 0 Å². The topological polar surface area (TPSA) is 0 Å². The molecule has 2 saturated carbocycles. The van der Waals surface area contributed by atoms with Gasteiger partial charge in [0.15, 0.2) is 0 Å². The van der Waals surface area contributed by atoms with Gasteiger partial charge in [-0.25, -0.2) is 0 Å². The summed E-state index contributed by atoms with van der Waals surface area (Å²) < 4.78 is 3.82. The minimum absolute atomic E-state index is 0. The van der Waals surface area contributed by atoms with Crippen molar-refractivity contribution < 1.29 is 48.0 Å². The van der Waals surface area contributed by atoms with E-state index in [0.29, 0.717) is 10.8 Å². The van der Waals surface area contributed by atoms with Crippen LogP contribution in [0.3, 0.4) is 0 Å². The molecule has 0 unspecified atom stereocenters. The van der Waals surface area contributed by atoms with Crippen molar-refractivity contribution >= 4 is 0 Å². The molecular weight excluding hydrogens is 474 g/mol. The zero-order valence-electron chi connectivity index (χ0n) is 18.9. The standard InChI is InChI=1S/2C13H19.2ClH.Zr/c2*1-3-13(8-4-5-9-13)12-7-6-11(2)10-12;;;/h2*7H,3-6,8-9H2,1-2H3;2*1H;/q;;;;+2/p-2. The normalized spacial score (nSPS) is 24.8. The quantitative estimate of drug-likeness (QED) is 0.512. The summed E-state index contributed by atoms with van der Waals surface area (Å²) in [6, 6.07) is 0. The summed E-state index contributed by atoms with van der Waals surface area (Å²) in [5.41, 5.74) is 8.24. The number of allylic oxidation sites excluding steroid dienone is 8. The maximum Gasteiger partial charge on any atom is -1.00 e. The van der Waals surface area contributed by atoms with Crippen LogP contribution in [-0.2, 0) is 23.2 Å². The monoisotopic (exact) mass is 510 g/mol. The van der Waals surface area contributed by atoms with E-state index in [9.17, 15) is 0 Å². The van der Waals surface area contributed by atoms with Crippen molar-refractivity contribution in [3.05, 3.63) is 41.0 Å². The Balaban J connectivity index is 0.00000150. The Morgan fingerprint density at radius 1 is 0.690 bits per heavy atom. The van der Waals surface area contributed by atoms with E-state index in [1.165, 1.54) is 77.0 Å². The van der Waals surface area contributed by atoms with Gasteiger partial charge in [-0.3, -0.25) is 0 Å². The van der Waals surface area contributed by atoms with Crippen LogP contribution < -0.4 is 24.8 Å². The average molecular weight is 513 g/mol. The summed E-state index contributed by atoms with van der Waals surface area (Å²) >= 11 is -0.718. The van der Waals surface area contributed by atoms with E-state index < -0.39 is 23.2 Å². The SMILES string of the molecule is CCC1(C2=CCC(C)=[C]2[Zr+2][C]2=C(C)CC=C2C2(CC)CCCC2)CCCC1.[Cl-].[Cl-]. The summed E-state index contributed by atoms with van der Waals surface area (Å²) in [6.45, 7) is 9.83. The molecule has 0 atom stereocenters. The maximum absolute atomic E-state index is 2.67. The fourth-order valence-electron chi connectivity index (χ4n) is 6.54. The van der Waals surface area contributed by atoms with Gasteiger partial charge in [-0.15, -0.1) is 0 Å². The van der Waals surface area contributed by atoms with Crippen LogP contribution in [0.25, 0.3) is 0 Å². The Morgan fingerprint density at radius 2 is 1.03 bits per heavy atom. The first-order valence-corrected chi connectivity index (χ1v) is 14.1. The fourth-order valence-corrected chi connectivity index (χ4v) is 11.2. The number of halogens is 2. The van der Waals surface area contributed by atoms with Gasteiger partial charge in [0.05, 0.1) is 0 Å². The first kappa shape index (κ1) is 25.7. The molecule has 0 aliphatic heterocycles. The molecule has 0 nitrogen and oxygen atoms in total. The number of hydrogen-bond acceptors (Lipinski definition) is 0. The second kappa shape index (κ2) is 10.4. The van der Waals surface area contributed by atoms with Crippen molar-refractivity contribution in [2.24, 2.45) is 10.8 Å². The van der Waals surface area contributed by atoms with Crippen LogP contribution in [-0.4, -0.2) is 0 Å². The van der Waals surface area contributed by atoms with Gasteiger partial charge < -0.3 is 24.8 Å². The third kappa shape index (κ3) is 4.50. The van der Waals surface area contributed by atoms with Crippen molar-refractivity contribution in [3.8, 4) is 0 Å². The fraction of sp³-hybridized carbons (Fsp3) is 0.692. The van der Waals surface area contributed by atoms with Gasteiger partial charge in [0.1, 0.15) is 0 Å².